The Hall–Kier alpha value is -2.25. The van der Waals surface area contributed by atoms with E-state index in [-0.39, 0.29) is 0 Å². The number of hydrogen-bond donors (Lipinski definition) is 3. The maximum absolute atomic E-state index is 5.26. The molecule has 1 aliphatic rings. The monoisotopic (exact) mass is 355 g/mol. The highest BCUT2D eigenvalue weighted by Gasteiger charge is 2.21. The number of fused-ring (bicyclic) bond motifs is 1. The fourth-order valence-electron chi connectivity index (χ4n) is 2.37. The summed E-state index contributed by atoms with van der Waals surface area (Å²) in [6.45, 7) is 2.09. The first-order valence-electron chi connectivity index (χ1n) is 7.83. The lowest BCUT2D eigenvalue weighted by molar-refractivity contribution is 0.878. The Balaban J connectivity index is 1.57. The predicted octanol–water partition coefficient (Wildman–Crippen LogP) is 3.62. The molecular formula is C17H17N5S2. The SMILES string of the molecule is Cc1ccc(-c2cc3ncnc(NNC(=S)NC4CC4)c3s2)cc1. The molecule has 24 heavy (non-hydrogen) atoms. The normalized spacial score (nSPS) is 13.7. The number of thiophene rings is 1. The number of benzene rings is 1. The topological polar surface area (TPSA) is 61.9 Å². The number of thiocarbonyl (C=S) groups is 1. The number of rotatable bonds is 4. The summed E-state index contributed by atoms with van der Waals surface area (Å²) in [5.74, 6) is 0.739. The molecule has 0 aliphatic heterocycles. The van der Waals surface area contributed by atoms with Gasteiger partial charge in [0, 0.05) is 10.9 Å². The Morgan fingerprint density at radius 2 is 2.00 bits per heavy atom. The van der Waals surface area contributed by atoms with Gasteiger partial charge in [0.25, 0.3) is 0 Å². The van der Waals surface area contributed by atoms with E-state index in [1.54, 1.807) is 17.7 Å². The largest absolute Gasteiger partial charge is 0.359 e. The number of aromatic nitrogens is 2. The first-order valence-corrected chi connectivity index (χ1v) is 9.05. The quantitative estimate of drug-likeness (QED) is 0.491. The van der Waals surface area contributed by atoms with Gasteiger partial charge >= 0.3 is 0 Å². The van der Waals surface area contributed by atoms with Crippen molar-refractivity contribution in [1.82, 2.24) is 20.7 Å². The van der Waals surface area contributed by atoms with E-state index < -0.39 is 0 Å². The molecule has 5 nitrogen and oxygen atoms in total. The second-order valence-electron chi connectivity index (χ2n) is 5.91. The lowest BCUT2D eigenvalue weighted by atomic mass is 10.1. The molecule has 3 N–H and O–H groups in total. The van der Waals surface area contributed by atoms with Crippen molar-refractivity contribution in [3.63, 3.8) is 0 Å². The summed E-state index contributed by atoms with van der Waals surface area (Å²) >= 11 is 6.93. The summed E-state index contributed by atoms with van der Waals surface area (Å²) in [4.78, 5) is 9.88. The van der Waals surface area contributed by atoms with Gasteiger partial charge in [-0.15, -0.1) is 11.3 Å². The number of aryl methyl sites for hydroxylation is 1. The average Bonchev–Trinajstić information content (AvgIpc) is 3.28. The van der Waals surface area contributed by atoms with Gasteiger partial charge in [0.15, 0.2) is 10.9 Å². The van der Waals surface area contributed by atoms with Gasteiger partial charge in [0.1, 0.15) is 6.33 Å². The van der Waals surface area contributed by atoms with Crippen LogP contribution in [-0.4, -0.2) is 21.1 Å². The van der Waals surface area contributed by atoms with Crippen molar-refractivity contribution in [2.45, 2.75) is 25.8 Å². The molecule has 3 aromatic rings. The number of hydrogen-bond acceptors (Lipinski definition) is 5. The van der Waals surface area contributed by atoms with Gasteiger partial charge in [-0.05, 0) is 43.6 Å². The summed E-state index contributed by atoms with van der Waals surface area (Å²) < 4.78 is 1.01. The first-order chi connectivity index (χ1) is 11.7. The van der Waals surface area contributed by atoms with E-state index in [1.807, 2.05) is 0 Å². The molecular weight excluding hydrogens is 338 g/mol. The molecule has 0 atom stereocenters. The third-order valence-corrected chi connectivity index (χ3v) is 5.25. The molecule has 0 saturated heterocycles. The molecule has 1 saturated carbocycles. The van der Waals surface area contributed by atoms with Crippen molar-refractivity contribution in [2.75, 3.05) is 5.43 Å². The summed E-state index contributed by atoms with van der Waals surface area (Å²) in [6, 6.07) is 11.1. The molecule has 0 spiro atoms. The Morgan fingerprint density at radius 3 is 2.75 bits per heavy atom. The van der Waals surface area contributed by atoms with E-state index in [4.69, 9.17) is 12.2 Å². The zero-order valence-corrected chi connectivity index (χ0v) is 14.8. The summed E-state index contributed by atoms with van der Waals surface area (Å²) in [5, 5.41) is 3.82. The summed E-state index contributed by atoms with van der Waals surface area (Å²) in [7, 11) is 0. The number of hydrazine groups is 1. The first kappa shape index (κ1) is 15.3. The van der Waals surface area contributed by atoms with Gasteiger partial charge in [-0.1, -0.05) is 29.8 Å². The molecule has 2 heterocycles. The smallest absolute Gasteiger partial charge is 0.185 e. The van der Waals surface area contributed by atoms with Gasteiger partial charge < -0.3 is 5.32 Å². The van der Waals surface area contributed by atoms with E-state index in [0.717, 1.165) is 16.0 Å². The van der Waals surface area contributed by atoms with Crippen molar-refractivity contribution in [3.8, 4) is 10.4 Å². The van der Waals surface area contributed by atoms with Crippen LogP contribution in [-0.2, 0) is 0 Å². The molecule has 0 unspecified atom stereocenters. The lowest BCUT2D eigenvalue weighted by Gasteiger charge is -2.11. The van der Waals surface area contributed by atoms with Crippen LogP contribution in [0.2, 0.25) is 0 Å². The molecule has 2 aromatic heterocycles. The van der Waals surface area contributed by atoms with Gasteiger partial charge in [-0.25, -0.2) is 9.97 Å². The minimum absolute atomic E-state index is 0.520. The number of nitrogens with zero attached hydrogens (tertiary/aromatic N) is 2. The highest BCUT2D eigenvalue weighted by Crippen LogP contribution is 2.35. The maximum Gasteiger partial charge on any atom is 0.185 e. The minimum Gasteiger partial charge on any atom is -0.359 e. The van der Waals surface area contributed by atoms with Crippen molar-refractivity contribution >= 4 is 44.7 Å². The Labute approximate surface area is 149 Å². The number of nitrogens with one attached hydrogen (secondary N) is 3. The molecule has 4 rings (SSSR count). The molecule has 122 valence electrons. The van der Waals surface area contributed by atoms with Crippen LogP contribution in [0.5, 0.6) is 0 Å². The molecule has 1 fully saturated rings. The second-order valence-corrected chi connectivity index (χ2v) is 7.37. The van der Waals surface area contributed by atoms with Crippen LogP contribution in [0.25, 0.3) is 20.7 Å². The van der Waals surface area contributed by atoms with Gasteiger partial charge in [-0.2, -0.15) is 0 Å². The van der Waals surface area contributed by atoms with E-state index in [1.165, 1.54) is 28.8 Å². The van der Waals surface area contributed by atoms with Crippen LogP contribution in [0.3, 0.4) is 0 Å². The fraction of sp³-hybridized carbons (Fsp3) is 0.235. The fourth-order valence-corrected chi connectivity index (χ4v) is 3.65. The minimum atomic E-state index is 0.520. The van der Waals surface area contributed by atoms with Crippen LogP contribution in [0.15, 0.2) is 36.7 Å². The summed E-state index contributed by atoms with van der Waals surface area (Å²) in [5.41, 5.74) is 9.47. The van der Waals surface area contributed by atoms with E-state index in [2.05, 4.69) is 63.4 Å². The number of anilines is 1. The van der Waals surface area contributed by atoms with E-state index >= 15 is 0 Å². The van der Waals surface area contributed by atoms with E-state index in [9.17, 15) is 0 Å². The third-order valence-electron chi connectivity index (χ3n) is 3.85. The van der Waals surface area contributed by atoms with Crippen LogP contribution in [0, 0.1) is 6.92 Å². The van der Waals surface area contributed by atoms with Crippen molar-refractivity contribution in [2.24, 2.45) is 0 Å². The molecule has 7 heteroatoms. The molecule has 0 radical (unpaired) electrons. The van der Waals surface area contributed by atoms with Crippen LogP contribution < -0.4 is 16.2 Å². The van der Waals surface area contributed by atoms with E-state index in [0.29, 0.717) is 11.2 Å². The molecule has 1 aliphatic carbocycles. The Bertz CT molecular complexity index is 884. The van der Waals surface area contributed by atoms with Crippen LogP contribution in [0.1, 0.15) is 18.4 Å². The van der Waals surface area contributed by atoms with Crippen LogP contribution in [0.4, 0.5) is 5.82 Å². The predicted molar refractivity (Wildman–Crippen MR) is 103 cm³/mol. The van der Waals surface area contributed by atoms with Crippen LogP contribution >= 0.6 is 23.6 Å². The lowest BCUT2D eigenvalue weighted by Crippen LogP contribution is -2.40. The standard InChI is InChI=1S/C17H17N5S2/c1-10-2-4-11(5-3-10)14-8-13-15(24-14)16(19-9-18-13)21-22-17(23)20-12-6-7-12/h2-5,8-9,12H,6-7H2,1H3,(H,18,19,21)(H2,20,22,23). The highest BCUT2D eigenvalue weighted by molar-refractivity contribution is 7.80. The van der Waals surface area contributed by atoms with Gasteiger partial charge in [-0.3, -0.25) is 10.9 Å². The second kappa shape index (κ2) is 6.33. The maximum atomic E-state index is 5.26. The third kappa shape index (κ3) is 3.32. The molecule has 1 aromatic carbocycles. The molecule has 0 amide bonds. The van der Waals surface area contributed by atoms with Crippen molar-refractivity contribution in [3.05, 3.63) is 42.2 Å². The Kier molecular flexibility index (Phi) is 4.03. The van der Waals surface area contributed by atoms with Crippen molar-refractivity contribution in [1.29, 1.82) is 0 Å². The van der Waals surface area contributed by atoms with Crippen molar-refractivity contribution < 1.29 is 0 Å². The van der Waals surface area contributed by atoms with Gasteiger partial charge in [0.2, 0.25) is 0 Å². The average molecular weight is 355 g/mol. The summed E-state index contributed by atoms with van der Waals surface area (Å²) in [6.07, 6.45) is 3.93. The highest BCUT2D eigenvalue weighted by atomic mass is 32.1. The Morgan fingerprint density at radius 1 is 1.21 bits per heavy atom. The van der Waals surface area contributed by atoms with Gasteiger partial charge in [0.05, 0.1) is 10.2 Å². The zero-order valence-electron chi connectivity index (χ0n) is 13.2. The molecule has 0 bridgehead atoms. The zero-order chi connectivity index (χ0) is 16.5.